The van der Waals surface area contributed by atoms with Crippen LogP contribution < -0.4 is 5.11 Å². The molecule has 34 heavy (non-hydrogen) atoms. The Morgan fingerprint density at radius 1 is 1.26 bits per heavy atom. The molecule has 0 radical (unpaired) electrons. The van der Waals surface area contributed by atoms with Crippen LogP contribution in [0.15, 0.2) is 35.3 Å². The molecule has 0 aromatic heterocycles. The van der Waals surface area contributed by atoms with E-state index in [0.717, 1.165) is 38.8 Å². The maximum Gasteiger partial charge on any atom is 0.259 e. The van der Waals surface area contributed by atoms with Crippen molar-refractivity contribution >= 4 is 14.4 Å². The molecule has 1 aromatic rings. The summed E-state index contributed by atoms with van der Waals surface area (Å²) in [6, 6.07) is 11.3. The molecular formula is C26H39N3O4P-. The third-order valence-electron chi connectivity index (χ3n) is 6.86. The van der Waals surface area contributed by atoms with E-state index >= 15 is 0 Å². The summed E-state index contributed by atoms with van der Waals surface area (Å²) in [4.78, 5) is 4.37. The van der Waals surface area contributed by atoms with E-state index in [1.807, 2.05) is 18.2 Å². The van der Waals surface area contributed by atoms with Crippen LogP contribution in [0, 0.1) is 23.2 Å². The summed E-state index contributed by atoms with van der Waals surface area (Å²) in [5.41, 5.74) is 0.212. The van der Waals surface area contributed by atoms with Crippen LogP contribution >= 0.6 is 8.53 Å². The van der Waals surface area contributed by atoms with Crippen molar-refractivity contribution in [3.63, 3.8) is 0 Å². The van der Waals surface area contributed by atoms with Gasteiger partial charge in [0.05, 0.1) is 37.3 Å². The van der Waals surface area contributed by atoms with E-state index in [2.05, 4.69) is 43.4 Å². The van der Waals surface area contributed by atoms with Gasteiger partial charge in [-0.2, -0.15) is 5.26 Å². The fraction of sp³-hybridized carbons (Fsp3) is 0.692. The van der Waals surface area contributed by atoms with E-state index in [4.69, 9.17) is 19.0 Å². The van der Waals surface area contributed by atoms with Crippen LogP contribution in [0.2, 0.25) is 0 Å². The standard InChI is InChI=1S/C26H40N3O4P/c1-5-15-29(16-6-2)34(31-17-11-14-27)33-24-23-20(4)18-26(24,7-3)32-22(23)19-28-25(30)21-12-9-8-10-13-21/h8-10,12-13,20,22-24H,5-7,11,15-19H2,1-4H3,(H,28,30)/p-1/t20-,22+,23+,24+,26+,34?/m1/s1. The number of hydrogen-bond acceptors (Lipinski definition) is 7. The van der Waals surface area contributed by atoms with Crippen molar-refractivity contribution in [1.29, 1.82) is 5.26 Å². The molecule has 1 unspecified atom stereocenters. The van der Waals surface area contributed by atoms with Gasteiger partial charge in [-0.3, -0.25) is 4.99 Å². The molecule has 1 saturated carbocycles. The van der Waals surface area contributed by atoms with Gasteiger partial charge in [-0.1, -0.05) is 58.0 Å². The van der Waals surface area contributed by atoms with Crippen molar-refractivity contribution in [2.75, 3.05) is 26.2 Å². The Bertz CT molecular complexity index is 827. The molecule has 2 fully saturated rings. The average Bonchev–Trinajstić information content (AvgIpc) is 3.30. The molecule has 0 spiro atoms. The van der Waals surface area contributed by atoms with Gasteiger partial charge in [-0.25, -0.2) is 4.67 Å². The van der Waals surface area contributed by atoms with Crippen molar-refractivity contribution < 1.29 is 18.9 Å². The number of rotatable bonds is 14. The first kappa shape index (κ1) is 27.0. The summed E-state index contributed by atoms with van der Waals surface area (Å²) >= 11 is 0. The molecule has 1 saturated heterocycles. The number of fused-ring (bicyclic) bond motifs is 2. The molecule has 8 heteroatoms. The minimum atomic E-state index is -1.30. The number of ether oxygens (including phenoxy) is 1. The fourth-order valence-electron chi connectivity index (χ4n) is 5.34. The highest BCUT2D eigenvalue weighted by Gasteiger charge is 2.63. The molecule has 1 heterocycles. The second-order valence-corrected chi connectivity index (χ2v) is 10.8. The van der Waals surface area contributed by atoms with E-state index < -0.39 is 8.53 Å². The zero-order valence-corrected chi connectivity index (χ0v) is 21.9. The molecule has 7 nitrogen and oxygen atoms in total. The Labute approximate surface area is 206 Å². The highest BCUT2D eigenvalue weighted by Crippen LogP contribution is 2.59. The van der Waals surface area contributed by atoms with E-state index in [9.17, 15) is 5.11 Å². The van der Waals surface area contributed by atoms with Gasteiger partial charge < -0.3 is 18.9 Å². The van der Waals surface area contributed by atoms with Gasteiger partial charge in [0.2, 0.25) is 0 Å². The maximum absolute atomic E-state index is 12.6. The lowest BCUT2D eigenvalue weighted by atomic mass is 9.91. The summed E-state index contributed by atoms with van der Waals surface area (Å²) in [6.45, 7) is 11.2. The molecule has 6 atom stereocenters. The molecule has 1 aromatic carbocycles. The predicted octanol–water partition coefficient (Wildman–Crippen LogP) is 4.66. The third-order valence-corrected chi connectivity index (χ3v) is 8.53. The summed E-state index contributed by atoms with van der Waals surface area (Å²) in [6.07, 6.45) is 3.87. The first-order valence-electron chi connectivity index (χ1n) is 12.7. The lowest BCUT2D eigenvalue weighted by molar-refractivity contribution is -0.213. The predicted molar refractivity (Wildman–Crippen MR) is 133 cm³/mol. The normalized spacial score (nSPS) is 29.5. The third kappa shape index (κ3) is 6.17. The quantitative estimate of drug-likeness (QED) is 0.164. The van der Waals surface area contributed by atoms with E-state index in [-0.39, 0.29) is 29.6 Å². The fourth-order valence-corrected chi connectivity index (χ4v) is 7.20. The average molecular weight is 489 g/mol. The molecule has 0 N–H and O–H groups in total. The molecule has 188 valence electrons. The van der Waals surface area contributed by atoms with Crippen LogP contribution in [0.5, 0.6) is 0 Å². The van der Waals surface area contributed by atoms with Gasteiger partial charge in [0.25, 0.3) is 8.53 Å². The van der Waals surface area contributed by atoms with Crippen molar-refractivity contribution in [1.82, 2.24) is 4.67 Å². The van der Waals surface area contributed by atoms with E-state index in [1.165, 1.54) is 0 Å². The van der Waals surface area contributed by atoms with E-state index in [0.29, 0.717) is 31.1 Å². The van der Waals surface area contributed by atoms with Gasteiger partial charge in [0.1, 0.15) is 6.10 Å². The lowest BCUT2D eigenvalue weighted by Gasteiger charge is -2.35. The SMILES string of the molecule is CCCN(CCC)P(OCCC#N)O[C@H]1[C@H]2[C@H](C)C[C@]1(CC)O[C@H]2CN=C([O-])c1ccccc1. The number of nitriles is 1. The zero-order chi connectivity index (χ0) is 24.6. The molecule has 3 rings (SSSR count). The molecule has 2 bridgehead atoms. The number of aliphatic imine (C=N–C) groups is 1. The minimum absolute atomic E-state index is 0.107. The molecule has 2 aliphatic rings. The Morgan fingerprint density at radius 2 is 1.97 bits per heavy atom. The Balaban J connectivity index is 1.79. The summed E-state index contributed by atoms with van der Waals surface area (Å²) in [5.74, 6) is 0.358. The first-order chi connectivity index (χ1) is 16.5. The summed E-state index contributed by atoms with van der Waals surface area (Å²) in [7, 11) is -1.30. The smallest absolute Gasteiger partial charge is 0.259 e. The van der Waals surface area contributed by atoms with Crippen LogP contribution in [0.1, 0.15) is 65.4 Å². The topological polar surface area (TPSA) is 90.1 Å². The highest BCUT2D eigenvalue weighted by molar-refractivity contribution is 7.44. The number of benzene rings is 1. The lowest BCUT2D eigenvalue weighted by Crippen LogP contribution is -2.39. The minimum Gasteiger partial charge on any atom is -0.858 e. The van der Waals surface area contributed by atoms with Crippen LogP contribution in [-0.4, -0.2) is 54.6 Å². The van der Waals surface area contributed by atoms with Gasteiger partial charge in [0, 0.05) is 19.0 Å². The zero-order valence-electron chi connectivity index (χ0n) is 21.0. The first-order valence-corrected chi connectivity index (χ1v) is 13.8. The van der Waals surface area contributed by atoms with Crippen LogP contribution in [0.4, 0.5) is 0 Å². The van der Waals surface area contributed by atoms with Gasteiger partial charge >= 0.3 is 0 Å². The molecule has 1 aliphatic heterocycles. The maximum atomic E-state index is 12.6. The Hall–Kier alpha value is -1.55. The molecule has 0 amide bonds. The Kier molecular flexibility index (Phi) is 10.3. The molecule has 1 aliphatic carbocycles. The van der Waals surface area contributed by atoms with Gasteiger partial charge in [-0.05, 0) is 43.1 Å². The monoisotopic (exact) mass is 488 g/mol. The second-order valence-electron chi connectivity index (χ2n) is 9.30. The van der Waals surface area contributed by atoms with Crippen molar-refractivity contribution in [3.05, 3.63) is 35.9 Å². The van der Waals surface area contributed by atoms with Crippen LogP contribution in [0.3, 0.4) is 0 Å². The van der Waals surface area contributed by atoms with Crippen molar-refractivity contribution in [2.24, 2.45) is 16.8 Å². The number of nitrogens with zero attached hydrogens (tertiary/aromatic N) is 3. The van der Waals surface area contributed by atoms with Gasteiger partial charge in [-0.15, -0.1) is 0 Å². The number of hydrogen-bond donors (Lipinski definition) is 0. The van der Waals surface area contributed by atoms with Crippen LogP contribution in [-0.2, 0) is 13.8 Å². The van der Waals surface area contributed by atoms with Crippen LogP contribution in [0.25, 0.3) is 0 Å². The Morgan fingerprint density at radius 3 is 2.59 bits per heavy atom. The van der Waals surface area contributed by atoms with Crippen molar-refractivity contribution in [3.8, 4) is 6.07 Å². The summed E-state index contributed by atoms with van der Waals surface area (Å²) in [5, 5.41) is 21.6. The van der Waals surface area contributed by atoms with E-state index in [1.54, 1.807) is 12.1 Å². The largest absolute Gasteiger partial charge is 0.858 e. The second kappa shape index (κ2) is 13.0. The summed E-state index contributed by atoms with van der Waals surface area (Å²) < 4.78 is 21.9. The molecular weight excluding hydrogens is 449 g/mol. The van der Waals surface area contributed by atoms with Crippen molar-refractivity contribution in [2.45, 2.75) is 77.6 Å². The van der Waals surface area contributed by atoms with Gasteiger partial charge in [0.15, 0.2) is 0 Å². The highest BCUT2D eigenvalue weighted by atomic mass is 31.2.